The summed E-state index contributed by atoms with van der Waals surface area (Å²) in [5.41, 5.74) is 3.24. The topological polar surface area (TPSA) is 37.8 Å². The van der Waals surface area contributed by atoms with Gasteiger partial charge in [0.2, 0.25) is 0 Å². The van der Waals surface area contributed by atoms with Crippen molar-refractivity contribution in [1.82, 2.24) is 9.97 Å². The summed E-state index contributed by atoms with van der Waals surface area (Å²) < 4.78 is 1.06. The maximum Gasteiger partial charge on any atom is 0.133 e. The number of halogens is 1. The molecule has 0 aliphatic heterocycles. The van der Waals surface area contributed by atoms with Gasteiger partial charge in [-0.25, -0.2) is 9.97 Å². The Hall–Kier alpha value is -1.42. The Kier molecular flexibility index (Phi) is 5.12. The Bertz CT molecular complexity index is 596. The van der Waals surface area contributed by atoms with Gasteiger partial charge in [0.05, 0.1) is 5.69 Å². The number of hydrogen-bond donors (Lipinski definition) is 1. The molecule has 0 spiro atoms. The molecule has 0 aliphatic carbocycles. The van der Waals surface area contributed by atoms with E-state index >= 15 is 0 Å². The largest absolute Gasteiger partial charge is 0.370 e. The zero-order valence-electron chi connectivity index (χ0n) is 12.2. The average molecular weight is 334 g/mol. The number of hydrogen-bond acceptors (Lipinski definition) is 3. The van der Waals surface area contributed by atoms with Crippen LogP contribution in [0.2, 0.25) is 0 Å². The quantitative estimate of drug-likeness (QED) is 0.868. The second-order valence-electron chi connectivity index (χ2n) is 4.75. The van der Waals surface area contributed by atoms with Gasteiger partial charge in [-0.2, -0.15) is 0 Å². The van der Waals surface area contributed by atoms with Crippen molar-refractivity contribution in [3.05, 3.63) is 40.1 Å². The maximum absolute atomic E-state index is 4.74. The highest BCUT2D eigenvalue weighted by atomic mass is 79.9. The number of anilines is 1. The van der Waals surface area contributed by atoms with Crippen LogP contribution >= 0.6 is 15.9 Å². The van der Waals surface area contributed by atoms with Crippen molar-refractivity contribution in [2.75, 3.05) is 11.9 Å². The van der Waals surface area contributed by atoms with Crippen molar-refractivity contribution < 1.29 is 0 Å². The molecular weight excluding hydrogens is 314 g/mol. The van der Waals surface area contributed by atoms with Crippen molar-refractivity contribution in [2.45, 2.75) is 33.6 Å². The van der Waals surface area contributed by atoms with E-state index in [0.29, 0.717) is 0 Å². The van der Waals surface area contributed by atoms with Gasteiger partial charge in [-0.05, 0) is 32.4 Å². The van der Waals surface area contributed by atoms with Crippen LogP contribution in [-0.2, 0) is 6.42 Å². The minimum absolute atomic E-state index is 0.862. The van der Waals surface area contributed by atoms with Gasteiger partial charge in [0.25, 0.3) is 0 Å². The predicted octanol–water partition coefficient (Wildman–Crippen LogP) is 4.60. The molecule has 2 rings (SSSR count). The lowest BCUT2D eigenvalue weighted by Crippen LogP contribution is -2.08. The van der Waals surface area contributed by atoms with Crippen LogP contribution in [0.5, 0.6) is 0 Å². The lowest BCUT2D eigenvalue weighted by Gasteiger charge is -2.13. The first kappa shape index (κ1) is 15.0. The van der Waals surface area contributed by atoms with Crippen LogP contribution in [-0.4, -0.2) is 16.5 Å². The zero-order chi connectivity index (χ0) is 14.5. The van der Waals surface area contributed by atoms with E-state index in [1.165, 1.54) is 0 Å². The molecule has 0 fully saturated rings. The molecule has 20 heavy (non-hydrogen) atoms. The summed E-state index contributed by atoms with van der Waals surface area (Å²) in [7, 11) is 0. The van der Waals surface area contributed by atoms with Gasteiger partial charge in [0, 0.05) is 28.6 Å². The Balaban J connectivity index is 2.55. The van der Waals surface area contributed by atoms with Crippen LogP contribution in [0.4, 0.5) is 5.82 Å². The molecule has 1 heterocycles. The molecule has 4 heteroatoms. The molecule has 0 saturated heterocycles. The summed E-state index contributed by atoms with van der Waals surface area (Å²) in [4.78, 5) is 9.37. The Morgan fingerprint density at radius 1 is 1.20 bits per heavy atom. The molecule has 3 nitrogen and oxygen atoms in total. The van der Waals surface area contributed by atoms with E-state index in [9.17, 15) is 0 Å². The van der Waals surface area contributed by atoms with Crippen molar-refractivity contribution in [2.24, 2.45) is 0 Å². The fourth-order valence-corrected chi connectivity index (χ4v) is 2.55. The van der Waals surface area contributed by atoms with E-state index in [-0.39, 0.29) is 0 Å². The van der Waals surface area contributed by atoms with Crippen LogP contribution in [0.25, 0.3) is 11.3 Å². The molecule has 0 atom stereocenters. The average Bonchev–Trinajstić information content (AvgIpc) is 2.43. The van der Waals surface area contributed by atoms with Gasteiger partial charge in [-0.1, -0.05) is 35.0 Å². The normalized spacial score (nSPS) is 10.6. The predicted molar refractivity (Wildman–Crippen MR) is 88.1 cm³/mol. The van der Waals surface area contributed by atoms with Crippen LogP contribution in [0.15, 0.2) is 28.7 Å². The third kappa shape index (κ3) is 3.37. The molecule has 1 aromatic carbocycles. The second-order valence-corrected chi connectivity index (χ2v) is 5.67. The molecule has 2 aromatic rings. The van der Waals surface area contributed by atoms with E-state index in [2.05, 4.69) is 59.1 Å². The fourth-order valence-electron chi connectivity index (χ4n) is 2.15. The van der Waals surface area contributed by atoms with E-state index in [1.54, 1.807) is 0 Å². The molecule has 1 N–H and O–H groups in total. The number of nitrogens with one attached hydrogen (secondary N) is 1. The summed E-state index contributed by atoms with van der Waals surface area (Å²) in [5, 5.41) is 3.34. The van der Waals surface area contributed by atoms with E-state index < -0.39 is 0 Å². The lowest BCUT2D eigenvalue weighted by molar-refractivity contribution is 0.833. The van der Waals surface area contributed by atoms with Crippen LogP contribution < -0.4 is 5.32 Å². The summed E-state index contributed by atoms with van der Waals surface area (Å²) in [6.07, 6.45) is 1.95. The van der Waals surface area contributed by atoms with Crippen molar-refractivity contribution >= 4 is 21.7 Å². The minimum atomic E-state index is 0.862. The second kappa shape index (κ2) is 6.84. The van der Waals surface area contributed by atoms with Gasteiger partial charge in [-0.15, -0.1) is 0 Å². The highest BCUT2D eigenvalue weighted by Crippen LogP contribution is 2.28. The van der Waals surface area contributed by atoms with Crippen LogP contribution in [0, 0.1) is 6.92 Å². The first-order valence-electron chi connectivity index (χ1n) is 7.03. The summed E-state index contributed by atoms with van der Waals surface area (Å²) in [5.74, 6) is 1.85. The lowest BCUT2D eigenvalue weighted by atomic mass is 10.1. The summed E-state index contributed by atoms with van der Waals surface area (Å²) in [6.45, 7) is 7.17. The van der Waals surface area contributed by atoms with Gasteiger partial charge in [-0.3, -0.25) is 0 Å². The fraction of sp³-hybridized carbons (Fsp3) is 0.375. The first-order valence-corrected chi connectivity index (χ1v) is 7.82. The first-order chi connectivity index (χ1) is 9.65. The molecule has 0 amide bonds. The smallest absolute Gasteiger partial charge is 0.133 e. The maximum atomic E-state index is 4.74. The highest BCUT2D eigenvalue weighted by Gasteiger charge is 2.12. The van der Waals surface area contributed by atoms with Crippen molar-refractivity contribution in [1.29, 1.82) is 0 Å². The van der Waals surface area contributed by atoms with Crippen molar-refractivity contribution in [3.63, 3.8) is 0 Å². The number of nitrogens with zero attached hydrogens (tertiary/aromatic N) is 2. The molecule has 0 saturated carbocycles. The van der Waals surface area contributed by atoms with Crippen molar-refractivity contribution in [3.8, 4) is 11.3 Å². The standard InChI is InChI=1S/C16H20BrN3/c1-4-7-14-19-15(11(3)16(20-14)18-5-2)12-8-6-9-13(17)10-12/h6,8-10H,4-5,7H2,1-3H3,(H,18,19,20). The molecule has 106 valence electrons. The SMILES string of the molecule is CCCc1nc(NCC)c(C)c(-c2cccc(Br)c2)n1. The Morgan fingerprint density at radius 2 is 2.00 bits per heavy atom. The molecule has 0 bridgehead atoms. The molecule has 0 aliphatic rings. The molecule has 0 radical (unpaired) electrons. The number of benzene rings is 1. The summed E-state index contributed by atoms with van der Waals surface area (Å²) >= 11 is 3.52. The van der Waals surface area contributed by atoms with Gasteiger partial charge in [0.1, 0.15) is 11.6 Å². The Morgan fingerprint density at radius 3 is 2.65 bits per heavy atom. The Labute approximate surface area is 129 Å². The molecule has 0 unspecified atom stereocenters. The molecule has 1 aromatic heterocycles. The number of aryl methyl sites for hydroxylation is 1. The zero-order valence-corrected chi connectivity index (χ0v) is 13.8. The molecular formula is C16H20BrN3. The van der Waals surface area contributed by atoms with Gasteiger partial charge < -0.3 is 5.32 Å². The number of aromatic nitrogens is 2. The van der Waals surface area contributed by atoms with E-state index in [0.717, 1.165) is 52.3 Å². The number of rotatable bonds is 5. The minimum Gasteiger partial charge on any atom is -0.370 e. The van der Waals surface area contributed by atoms with Crippen LogP contribution in [0.3, 0.4) is 0 Å². The monoisotopic (exact) mass is 333 g/mol. The van der Waals surface area contributed by atoms with Gasteiger partial charge in [0.15, 0.2) is 0 Å². The third-order valence-electron chi connectivity index (χ3n) is 3.11. The third-order valence-corrected chi connectivity index (χ3v) is 3.60. The van der Waals surface area contributed by atoms with E-state index in [1.807, 2.05) is 12.1 Å². The van der Waals surface area contributed by atoms with E-state index in [4.69, 9.17) is 4.98 Å². The van der Waals surface area contributed by atoms with Crippen LogP contribution in [0.1, 0.15) is 31.7 Å². The van der Waals surface area contributed by atoms with Gasteiger partial charge >= 0.3 is 0 Å². The summed E-state index contributed by atoms with van der Waals surface area (Å²) in [6, 6.07) is 8.25. The highest BCUT2D eigenvalue weighted by molar-refractivity contribution is 9.10.